The van der Waals surface area contributed by atoms with Crippen molar-refractivity contribution in [1.29, 1.82) is 0 Å². The lowest BCUT2D eigenvalue weighted by Crippen LogP contribution is -2.49. The molecule has 2 unspecified atom stereocenters. The normalized spacial score (nSPS) is 20.7. The first-order chi connectivity index (χ1) is 15.4. The lowest BCUT2D eigenvalue weighted by atomic mass is 9.84. The molecular formula is C21H24N6O4S. The summed E-state index contributed by atoms with van der Waals surface area (Å²) in [7, 11) is -2.39. The average molecular weight is 457 g/mol. The van der Waals surface area contributed by atoms with Crippen LogP contribution in [0.5, 0.6) is 5.75 Å². The van der Waals surface area contributed by atoms with Crippen LogP contribution in [0.15, 0.2) is 46.1 Å². The number of aryl methyl sites for hydroxylation is 1. The number of tetrazole rings is 1. The van der Waals surface area contributed by atoms with E-state index in [0.717, 1.165) is 12.1 Å². The van der Waals surface area contributed by atoms with Crippen LogP contribution < -0.4 is 10.3 Å². The maximum absolute atomic E-state index is 13.8. The maximum atomic E-state index is 13.8. The highest BCUT2D eigenvalue weighted by atomic mass is 32.2. The fourth-order valence-electron chi connectivity index (χ4n) is 4.83. The van der Waals surface area contributed by atoms with E-state index in [4.69, 9.17) is 4.74 Å². The fourth-order valence-corrected chi connectivity index (χ4v) is 6.57. The smallest absolute Gasteiger partial charge is 0.250 e. The Kier molecular flexibility index (Phi) is 5.09. The second-order valence-corrected chi connectivity index (χ2v) is 10.1. The number of nitrogens with zero attached hydrogens (tertiary/aromatic N) is 6. The number of ether oxygens (including phenoxy) is 1. The van der Waals surface area contributed by atoms with Crippen molar-refractivity contribution >= 4 is 10.0 Å². The first kappa shape index (κ1) is 20.8. The highest BCUT2D eigenvalue weighted by Crippen LogP contribution is 2.39. The topological polar surface area (TPSA) is 112 Å². The van der Waals surface area contributed by atoms with E-state index in [1.165, 1.54) is 11.4 Å². The lowest BCUT2D eigenvalue weighted by molar-refractivity contribution is 0.186. The van der Waals surface area contributed by atoms with E-state index in [1.807, 2.05) is 13.0 Å². The van der Waals surface area contributed by atoms with Crippen LogP contribution in [-0.2, 0) is 23.1 Å². The zero-order valence-corrected chi connectivity index (χ0v) is 18.7. The number of aromatic nitrogens is 5. The van der Waals surface area contributed by atoms with Crippen molar-refractivity contribution in [1.82, 2.24) is 29.1 Å². The molecule has 0 spiro atoms. The monoisotopic (exact) mass is 456 g/mol. The Morgan fingerprint density at radius 2 is 2.00 bits per heavy atom. The van der Waals surface area contributed by atoms with Gasteiger partial charge in [0.2, 0.25) is 10.0 Å². The molecule has 3 aromatic rings. The first-order valence-electron chi connectivity index (χ1n) is 10.6. The molecule has 5 rings (SSSR count). The number of fused-ring (bicyclic) bond motifs is 4. The predicted octanol–water partition coefficient (Wildman–Crippen LogP) is 1.34. The van der Waals surface area contributed by atoms with Gasteiger partial charge in [-0.05, 0) is 54.0 Å². The van der Waals surface area contributed by atoms with Crippen molar-refractivity contribution in [3.05, 3.63) is 52.4 Å². The van der Waals surface area contributed by atoms with E-state index in [1.54, 1.807) is 39.6 Å². The minimum absolute atomic E-state index is 0.0206. The van der Waals surface area contributed by atoms with E-state index in [0.29, 0.717) is 37.6 Å². The molecule has 2 aliphatic heterocycles. The number of hydrogen-bond donors (Lipinski definition) is 0. The van der Waals surface area contributed by atoms with Crippen LogP contribution in [0.4, 0.5) is 0 Å². The average Bonchev–Trinajstić information content (AvgIpc) is 3.28. The summed E-state index contributed by atoms with van der Waals surface area (Å²) < 4.78 is 37.9. The quantitative estimate of drug-likeness (QED) is 0.569. The van der Waals surface area contributed by atoms with Gasteiger partial charge in [-0.15, -0.1) is 5.10 Å². The Bertz CT molecular complexity index is 1330. The van der Waals surface area contributed by atoms with Crippen LogP contribution in [0, 0.1) is 5.92 Å². The lowest BCUT2D eigenvalue weighted by Gasteiger charge is -2.42. The predicted molar refractivity (Wildman–Crippen MR) is 116 cm³/mol. The molecule has 2 aromatic heterocycles. The molecule has 0 N–H and O–H groups in total. The summed E-state index contributed by atoms with van der Waals surface area (Å²) >= 11 is 0. The molecule has 4 heterocycles. The Balaban J connectivity index is 1.54. The van der Waals surface area contributed by atoms with E-state index in [9.17, 15) is 13.2 Å². The Morgan fingerprint density at radius 1 is 1.16 bits per heavy atom. The fraction of sp³-hybridized carbons (Fsp3) is 0.429. The van der Waals surface area contributed by atoms with Crippen molar-refractivity contribution in [2.45, 2.75) is 37.2 Å². The van der Waals surface area contributed by atoms with E-state index < -0.39 is 10.0 Å². The van der Waals surface area contributed by atoms with Crippen molar-refractivity contribution in [3.8, 4) is 17.1 Å². The zero-order chi connectivity index (χ0) is 22.5. The van der Waals surface area contributed by atoms with Gasteiger partial charge in [0, 0.05) is 49.4 Å². The third-order valence-corrected chi connectivity index (χ3v) is 8.17. The van der Waals surface area contributed by atoms with Gasteiger partial charge in [0.05, 0.1) is 7.11 Å². The van der Waals surface area contributed by atoms with Gasteiger partial charge in [-0.25, -0.2) is 13.1 Å². The molecule has 1 fully saturated rings. The summed E-state index contributed by atoms with van der Waals surface area (Å²) in [6, 6.07) is 10.2. The van der Waals surface area contributed by atoms with Crippen molar-refractivity contribution < 1.29 is 13.2 Å². The third kappa shape index (κ3) is 3.32. The number of methoxy groups -OCH3 is 1. The Hall–Kier alpha value is -3.05. The van der Waals surface area contributed by atoms with Gasteiger partial charge in [-0.2, -0.15) is 4.31 Å². The van der Waals surface area contributed by atoms with Gasteiger partial charge in [-0.3, -0.25) is 4.79 Å². The second-order valence-electron chi connectivity index (χ2n) is 8.20. The molecule has 0 amide bonds. The largest absolute Gasteiger partial charge is 0.495 e. The zero-order valence-electron chi connectivity index (χ0n) is 17.9. The SMILES string of the molecule is CCn1nnnc1-c1ccc(OC)c(S(=O)(=O)N2CC3CC(C2)c2cccc(=O)n2C3)c1. The number of hydrogen-bond acceptors (Lipinski definition) is 7. The Labute approximate surface area is 185 Å². The van der Waals surface area contributed by atoms with E-state index >= 15 is 0 Å². The molecule has 2 bridgehead atoms. The molecule has 2 atom stereocenters. The van der Waals surface area contributed by atoms with Crippen molar-refractivity contribution in [2.75, 3.05) is 20.2 Å². The van der Waals surface area contributed by atoms with Gasteiger partial charge in [-0.1, -0.05) is 6.07 Å². The van der Waals surface area contributed by atoms with Crippen LogP contribution in [0.1, 0.15) is 25.0 Å². The highest BCUT2D eigenvalue weighted by Gasteiger charge is 2.40. The molecule has 2 aliphatic rings. The molecule has 11 heteroatoms. The van der Waals surface area contributed by atoms with Crippen molar-refractivity contribution in [3.63, 3.8) is 0 Å². The molecule has 1 saturated heterocycles. The van der Waals surface area contributed by atoms with Crippen molar-refractivity contribution in [2.24, 2.45) is 5.92 Å². The summed E-state index contributed by atoms with van der Waals surface area (Å²) in [4.78, 5) is 12.4. The Morgan fingerprint density at radius 3 is 2.78 bits per heavy atom. The maximum Gasteiger partial charge on any atom is 0.250 e. The molecule has 0 saturated carbocycles. The van der Waals surface area contributed by atoms with E-state index in [-0.39, 0.29) is 28.0 Å². The molecular weight excluding hydrogens is 432 g/mol. The molecule has 168 valence electrons. The number of pyridine rings is 1. The summed E-state index contributed by atoms with van der Waals surface area (Å²) in [5, 5.41) is 11.7. The standard InChI is InChI=1S/C21H24N6O4S/c1-3-27-21(22-23-24-27)15-7-8-18(31-2)19(10-15)32(29,30)25-11-14-9-16(13-25)17-5-4-6-20(28)26(17)12-14/h4-8,10,14,16H,3,9,11-13H2,1-2H3. The summed E-state index contributed by atoms with van der Waals surface area (Å²) in [6.07, 6.45) is 0.873. The molecule has 10 nitrogen and oxygen atoms in total. The molecule has 32 heavy (non-hydrogen) atoms. The number of benzene rings is 1. The summed E-state index contributed by atoms with van der Waals surface area (Å²) in [5.74, 6) is 0.831. The summed E-state index contributed by atoms with van der Waals surface area (Å²) in [6.45, 7) is 3.68. The minimum atomic E-state index is -3.85. The van der Waals surface area contributed by atoms with Crippen LogP contribution in [-0.4, -0.2) is 57.7 Å². The van der Waals surface area contributed by atoms with Gasteiger partial charge in [0.1, 0.15) is 10.6 Å². The number of rotatable bonds is 5. The van der Waals surface area contributed by atoms with Crippen LogP contribution >= 0.6 is 0 Å². The molecule has 0 radical (unpaired) electrons. The molecule has 1 aromatic carbocycles. The first-order valence-corrected chi connectivity index (χ1v) is 12.0. The highest BCUT2D eigenvalue weighted by molar-refractivity contribution is 7.89. The summed E-state index contributed by atoms with van der Waals surface area (Å²) in [5.41, 5.74) is 1.47. The van der Waals surface area contributed by atoms with Gasteiger partial charge >= 0.3 is 0 Å². The van der Waals surface area contributed by atoms with Gasteiger partial charge in [0.15, 0.2) is 5.82 Å². The minimum Gasteiger partial charge on any atom is -0.495 e. The van der Waals surface area contributed by atoms with Crippen LogP contribution in [0.3, 0.4) is 0 Å². The third-order valence-electron chi connectivity index (χ3n) is 6.32. The van der Waals surface area contributed by atoms with E-state index in [2.05, 4.69) is 15.5 Å². The molecule has 0 aliphatic carbocycles. The van der Waals surface area contributed by atoms with Crippen LogP contribution in [0.25, 0.3) is 11.4 Å². The second kappa shape index (κ2) is 7.82. The number of piperidine rings is 1. The number of sulfonamides is 1. The van der Waals surface area contributed by atoms with Crippen LogP contribution in [0.2, 0.25) is 0 Å². The van der Waals surface area contributed by atoms with Gasteiger partial charge in [0.25, 0.3) is 5.56 Å². The van der Waals surface area contributed by atoms with Gasteiger partial charge < -0.3 is 9.30 Å².